The van der Waals surface area contributed by atoms with Crippen molar-refractivity contribution < 1.29 is 0 Å². The number of nitrogens with one attached hydrogen (secondary N) is 1. The lowest BCUT2D eigenvalue weighted by Gasteiger charge is -2.16. The summed E-state index contributed by atoms with van der Waals surface area (Å²) in [6.07, 6.45) is 3.47. The quantitative estimate of drug-likeness (QED) is 0.630. The Morgan fingerprint density at radius 1 is 1.33 bits per heavy atom. The fourth-order valence-electron chi connectivity index (χ4n) is 3.00. The minimum Gasteiger partial charge on any atom is -0.381 e. The Labute approximate surface area is 166 Å². The van der Waals surface area contributed by atoms with Gasteiger partial charge in [0.15, 0.2) is 11.5 Å². The minimum absolute atomic E-state index is 0.191. The summed E-state index contributed by atoms with van der Waals surface area (Å²) >= 11 is 3.40. The average Bonchev–Trinajstić information content (AvgIpc) is 2.91. The van der Waals surface area contributed by atoms with Gasteiger partial charge >= 0.3 is 5.69 Å². The van der Waals surface area contributed by atoms with E-state index in [-0.39, 0.29) is 5.69 Å². The van der Waals surface area contributed by atoms with Gasteiger partial charge in [-0.2, -0.15) is 4.68 Å². The molecule has 3 aromatic rings. The average molecular weight is 431 g/mol. The monoisotopic (exact) mass is 430 g/mol. The zero-order valence-corrected chi connectivity index (χ0v) is 17.6. The number of imidazole rings is 1. The highest BCUT2D eigenvalue weighted by atomic mass is 79.9. The van der Waals surface area contributed by atoms with Crippen LogP contribution in [0.4, 0.5) is 0 Å². The number of hydrogen-bond acceptors (Lipinski definition) is 5. The van der Waals surface area contributed by atoms with Gasteiger partial charge in [0.2, 0.25) is 0 Å². The van der Waals surface area contributed by atoms with Crippen molar-refractivity contribution in [1.29, 1.82) is 0 Å². The first-order valence-electron chi connectivity index (χ1n) is 8.67. The molecule has 0 atom stereocenters. The van der Waals surface area contributed by atoms with Crippen LogP contribution in [0.2, 0.25) is 0 Å². The van der Waals surface area contributed by atoms with Crippen molar-refractivity contribution in [3.63, 3.8) is 0 Å². The van der Waals surface area contributed by atoms with Gasteiger partial charge in [-0.1, -0.05) is 38.1 Å². The van der Waals surface area contributed by atoms with Gasteiger partial charge in [-0.25, -0.2) is 14.8 Å². The fourth-order valence-corrected chi connectivity index (χ4v) is 3.30. The number of fused-ring (bicyclic) bond motifs is 1. The number of aromatic nitrogens is 4. The molecule has 0 fully saturated rings. The molecule has 0 bridgehead atoms. The molecule has 0 saturated carbocycles. The second-order valence-corrected chi connectivity index (χ2v) is 7.45. The molecule has 1 aromatic carbocycles. The van der Waals surface area contributed by atoms with Crippen molar-refractivity contribution >= 4 is 27.1 Å². The van der Waals surface area contributed by atoms with E-state index in [0.29, 0.717) is 22.9 Å². The molecule has 3 rings (SSSR count). The Morgan fingerprint density at radius 3 is 2.70 bits per heavy atom. The Morgan fingerprint density at radius 2 is 2.04 bits per heavy atom. The van der Waals surface area contributed by atoms with Crippen molar-refractivity contribution in [2.24, 2.45) is 7.05 Å². The molecule has 0 aliphatic rings. The van der Waals surface area contributed by atoms with Crippen LogP contribution in [0, 0.1) is 0 Å². The number of aryl methyl sites for hydroxylation is 1. The third kappa shape index (κ3) is 3.49. The Kier molecular flexibility index (Phi) is 5.36. The van der Waals surface area contributed by atoms with E-state index in [4.69, 9.17) is 4.98 Å². The van der Waals surface area contributed by atoms with Gasteiger partial charge in [0.25, 0.3) is 0 Å². The standard InChI is InChI=1S/C19H23BrN6O/c1-12(2)13-8-6-7-9-14(13)17-22-10-15-18(23-17)26(19(27)25(15)5)24(4)11-16(20)21-3/h6-12,21H,1-5H3/b16-11-. The highest BCUT2D eigenvalue weighted by Gasteiger charge is 2.18. The van der Waals surface area contributed by atoms with Gasteiger partial charge in [0.05, 0.1) is 17.0 Å². The molecule has 0 unspecified atom stereocenters. The summed E-state index contributed by atoms with van der Waals surface area (Å²) in [5, 5.41) is 4.67. The number of halogens is 1. The van der Waals surface area contributed by atoms with Crippen molar-refractivity contribution in [2.75, 3.05) is 19.1 Å². The molecule has 0 spiro atoms. The summed E-state index contributed by atoms with van der Waals surface area (Å²) in [4.78, 5) is 22.1. The first-order valence-corrected chi connectivity index (χ1v) is 9.46. The van der Waals surface area contributed by atoms with Crippen LogP contribution in [0.5, 0.6) is 0 Å². The number of hydrogen-bond donors (Lipinski definition) is 1. The molecule has 0 aliphatic heterocycles. The summed E-state index contributed by atoms with van der Waals surface area (Å²) in [6.45, 7) is 4.29. The first kappa shape index (κ1) is 19.2. The summed E-state index contributed by atoms with van der Waals surface area (Å²) in [7, 11) is 5.31. The van der Waals surface area contributed by atoms with Crippen LogP contribution in [-0.2, 0) is 7.05 Å². The first-order chi connectivity index (χ1) is 12.8. The van der Waals surface area contributed by atoms with E-state index in [0.717, 1.165) is 10.2 Å². The van der Waals surface area contributed by atoms with Crippen LogP contribution in [0.3, 0.4) is 0 Å². The molecule has 27 heavy (non-hydrogen) atoms. The van der Waals surface area contributed by atoms with Gasteiger partial charge in [0.1, 0.15) is 5.52 Å². The molecule has 2 heterocycles. The maximum Gasteiger partial charge on any atom is 0.349 e. The predicted octanol–water partition coefficient (Wildman–Crippen LogP) is 2.90. The molecule has 142 valence electrons. The number of benzene rings is 1. The number of rotatable bonds is 5. The summed E-state index contributed by atoms with van der Waals surface area (Å²) in [5.74, 6) is 0.951. The highest BCUT2D eigenvalue weighted by molar-refractivity contribution is 9.11. The largest absolute Gasteiger partial charge is 0.381 e. The normalized spacial score (nSPS) is 12.0. The van der Waals surface area contributed by atoms with Crippen molar-refractivity contribution in [3.8, 4) is 11.4 Å². The Bertz CT molecular complexity index is 1070. The lowest BCUT2D eigenvalue weighted by atomic mass is 9.97. The van der Waals surface area contributed by atoms with E-state index in [1.165, 1.54) is 10.2 Å². The highest BCUT2D eigenvalue weighted by Crippen LogP contribution is 2.27. The SMILES string of the molecule is CN/C(Br)=C\N(C)n1c(=O)n(C)c2cnc(-c3ccccc3C(C)C)nc21. The topological polar surface area (TPSA) is 68.0 Å². The van der Waals surface area contributed by atoms with Gasteiger partial charge < -0.3 is 5.32 Å². The molecule has 0 radical (unpaired) electrons. The molecule has 0 saturated heterocycles. The van der Waals surface area contributed by atoms with Gasteiger partial charge in [-0.15, -0.1) is 0 Å². The van der Waals surface area contributed by atoms with Crippen LogP contribution in [0.1, 0.15) is 25.3 Å². The van der Waals surface area contributed by atoms with E-state index in [2.05, 4.69) is 46.1 Å². The van der Waals surface area contributed by atoms with Gasteiger partial charge in [0, 0.05) is 26.7 Å². The van der Waals surface area contributed by atoms with E-state index in [1.807, 2.05) is 18.2 Å². The Balaban J connectivity index is 2.24. The minimum atomic E-state index is -0.191. The molecule has 1 N–H and O–H groups in total. The zero-order chi connectivity index (χ0) is 19.7. The van der Waals surface area contributed by atoms with Gasteiger partial charge in [-0.05, 0) is 27.4 Å². The Hall–Kier alpha value is -2.61. The van der Waals surface area contributed by atoms with Crippen LogP contribution in [0.25, 0.3) is 22.6 Å². The van der Waals surface area contributed by atoms with E-state index < -0.39 is 0 Å². The molecule has 0 amide bonds. The molecule has 8 heteroatoms. The van der Waals surface area contributed by atoms with Crippen LogP contribution >= 0.6 is 15.9 Å². The second-order valence-electron chi connectivity index (χ2n) is 6.60. The fraction of sp³-hybridized carbons (Fsp3) is 0.316. The van der Waals surface area contributed by atoms with Crippen molar-refractivity contribution in [2.45, 2.75) is 19.8 Å². The third-order valence-electron chi connectivity index (χ3n) is 4.46. The summed E-state index contributed by atoms with van der Waals surface area (Å²) in [5.41, 5.74) is 3.19. The van der Waals surface area contributed by atoms with Crippen molar-refractivity contribution in [1.82, 2.24) is 24.5 Å². The van der Waals surface area contributed by atoms with Crippen LogP contribution < -0.4 is 16.0 Å². The maximum absolute atomic E-state index is 12.8. The second kappa shape index (κ2) is 7.56. The molecular weight excluding hydrogens is 408 g/mol. The van der Waals surface area contributed by atoms with Crippen LogP contribution in [0.15, 0.2) is 46.1 Å². The summed E-state index contributed by atoms with van der Waals surface area (Å²) in [6, 6.07) is 8.10. The number of nitrogens with zero attached hydrogens (tertiary/aromatic N) is 5. The van der Waals surface area contributed by atoms with E-state index in [1.54, 1.807) is 43.1 Å². The molecule has 7 nitrogen and oxygen atoms in total. The molecule has 2 aromatic heterocycles. The predicted molar refractivity (Wildman–Crippen MR) is 113 cm³/mol. The van der Waals surface area contributed by atoms with E-state index >= 15 is 0 Å². The van der Waals surface area contributed by atoms with Crippen LogP contribution in [-0.4, -0.2) is 33.3 Å². The lowest BCUT2D eigenvalue weighted by molar-refractivity contribution is 0.708. The zero-order valence-electron chi connectivity index (χ0n) is 16.1. The lowest BCUT2D eigenvalue weighted by Crippen LogP contribution is -2.36. The summed E-state index contributed by atoms with van der Waals surface area (Å²) < 4.78 is 3.82. The van der Waals surface area contributed by atoms with Gasteiger partial charge in [-0.3, -0.25) is 9.58 Å². The van der Waals surface area contributed by atoms with E-state index in [9.17, 15) is 4.79 Å². The molecule has 0 aliphatic carbocycles. The molecular formula is C19H23BrN6O. The van der Waals surface area contributed by atoms with Crippen molar-refractivity contribution in [3.05, 3.63) is 57.3 Å². The third-order valence-corrected chi connectivity index (χ3v) is 5.06. The maximum atomic E-state index is 12.8. The smallest absolute Gasteiger partial charge is 0.349 e.